The van der Waals surface area contributed by atoms with Gasteiger partial charge in [0.25, 0.3) is 5.69 Å². The molecule has 4 heteroatoms. The molecule has 0 unspecified atom stereocenters. The normalized spacial score (nSPS) is 9.18. The first-order chi connectivity index (χ1) is 5.24. The van der Waals surface area contributed by atoms with Gasteiger partial charge in [0, 0.05) is 24.9 Å². The lowest BCUT2D eigenvalue weighted by molar-refractivity contribution is -0.384. The van der Waals surface area contributed by atoms with Crippen molar-refractivity contribution in [2.45, 2.75) is 0 Å². The van der Waals surface area contributed by atoms with Crippen LogP contribution in [-0.2, 0) is 0 Å². The van der Waals surface area contributed by atoms with Crippen LogP contribution in [0.25, 0.3) is 0 Å². The van der Waals surface area contributed by atoms with E-state index >= 15 is 0 Å². The minimum absolute atomic E-state index is 0.108. The van der Waals surface area contributed by atoms with Crippen LogP contribution in [0.15, 0.2) is 24.3 Å². The van der Waals surface area contributed by atoms with Gasteiger partial charge in [-0.1, -0.05) is 6.07 Å². The molecule has 4 nitrogen and oxygen atoms in total. The number of anilines is 1. The summed E-state index contributed by atoms with van der Waals surface area (Å²) in [5.41, 5.74) is 0.857. The van der Waals surface area contributed by atoms with Gasteiger partial charge < -0.3 is 5.32 Å². The molecule has 1 rings (SSSR count). The Kier molecular flexibility index (Phi) is 2.06. The highest BCUT2D eigenvalue weighted by molar-refractivity contribution is 5.50. The molecule has 0 amide bonds. The third-order valence-corrected chi connectivity index (χ3v) is 1.35. The molecule has 0 heterocycles. The van der Waals surface area contributed by atoms with E-state index in [0.717, 1.165) is 5.69 Å². The van der Waals surface area contributed by atoms with E-state index in [9.17, 15) is 10.1 Å². The Morgan fingerprint density at radius 2 is 2.27 bits per heavy atom. The summed E-state index contributed by atoms with van der Waals surface area (Å²) in [6.07, 6.45) is 0. The van der Waals surface area contributed by atoms with Gasteiger partial charge in [0.1, 0.15) is 0 Å². The number of hydrogen-bond donors (Lipinski definition) is 1. The van der Waals surface area contributed by atoms with Gasteiger partial charge >= 0.3 is 0 Å². The number of nitro groups is 1. The van der Waals surface area contributed by atoms with Crippen molar-refractivity contribution in [3.63, 3.8) is 0 Å². The van der Waals surface area contributed by atoms with E-state index in [1.807, 2.05) is 0 Å². The van der Waals surface area contributed by atoms with Crippen molar-refractivity contribution < 1.29 is 4.92 Å². The van der Waals surface area contributed by atoms with Crippen LogP contribution in [0.2, 0.25) is 0 Å². The Hall–Kier alpha value is -1.58. The quantitative estimate of drug-likeness (QED) is 0.516. The summed E-state index contributed by atoms with van der Waals surface area (Å²) in [5, 5.41) is 13.1. The smallest absolute Gasteiger partial charge is 0.271 e. The SMILES string of the molecule is [11CH3]Nc1cccc([N+](=O)[O-])c1. The number of benzene rings is 1. The number of rotatable bonds is 2. The van der Waals surface area contributed by atoms with Crippen LogP contribution in [0.3, 0.4) is 0 Å². The van der Waals surface area contributed by atoms with Gasteiger partial charge in [0.2, 0.25) is 0 Å². The highest BCUT2D eigenvalue weighted by atomic mass is 16.6. The van der Waals surface area contributed by atoms with Crippen LogP contribution in [0.1, 0.15) is 0 Å². The fourth-order valence-corrected chi connectivity index (χ4v) is 0.775. The van der Waals surface area contributed by atoms with Crippen molar-refractivity contribution in [3.8, 4) is 0 Å². The Balaban J connectivity index is 3.01. The Bertz CT molecular complexity index is 273. The highest BCUT2D eigenvalue weighted by Crippen LogP contribution is 2.15. The van der Waals surface area contributed by atoms with Crippen molar-refractivity contribution in [1.29, 1.82) is 0 Å². The number of non-ortho nitro benzene ring substituents is 1. The topological polar surface area (TPSA) is 55.2 Å². The molecule has 1 aromatic rings. The summed E-state index contributed by atoms with van der Waals surface area (Å²) < 4.78 is 0. The second kappa shape index (κ2) is 3.01. The van der Waals surface area contributed by atoms with E-state index < -0.39 is 4.92 Å². The Labute approximate surface area is 64.0 Å². The molecule has 0 aliphatic rings. The molecule has 0 spiro atoms. The highest BCUT2D eigenvalue weighted by Gasteiger charge is 2.03. The summed E-state index contributed by atoms with van der Waals surface area (Å²) in [6, 6.07) is 6.36. The largest absolute Gasteiger partial charge is 0.388 e. The molecule has 1 N–H and O–H groups in total. The first-order valence-corrected chi connectivity index (χ1v) is 3.16. The second-order valence-corrected chi connectivity index (χ2v) is 2.06. The van der Waals surface area contributed by atoms with Gasteiger partial charge in [0.05, 0.1) is 4.92 Å². The predicted molar refractivity (Wildman–Crippen MR) is 42.6 cm³/mol. The molecule has 0 fully saturated rings. The van der Waals surface area contributed by atoms with Crippen LogP contribution in [-0.4, -0.2) is 12.0 Å². The van der Waals surface area contributed by atoms with E-state index in [2.05, 4.69) is 5.32 Å². The van der Waals surface area contributed by atoms with E-state index in [4.69, 9.17) is 0 Å². The third kappa shape index (κ3) is 1.67. The van der Waals surface area contributed by atoms with Crippen LogP contribution in [0, 0.1) is 10.1 Å². The van der Waals surface area contributed by atoms with Crippen molar-refractivity contribution in [1.82, 2.24) is 0 Å². The predicted octanol–water partition coefficient (Wildman–Crippen LogP) is 1.64. The van der Waals surface area contributed by atoms with Gasteiger partial charge in [-0.25, -0.2) is 0 Å². The first-order valence-electron chi connectivity index (χ1n) is 3.16. The van der Waals surface area contributed by atoms with Crippen molar-refractivity contribution >= 4 is 11.4 Å². The van der Waals surface area contributed by atoms with Crippen molar-refractivity contribution in [3.05, 3.63) is 34.4 Å². The lowest BCUT2D eigenvalue weighted by Gasteiger charge is -1.97. The minimum atomic E-state index is -0.416. The summed E-state index contributed by atoms with van der Waals surface area (Å²) in [7, 11) is 1.72. The van der Waals surface area contributed by atoms with Crippen LogP contribution < -0.4 is 5.32 Å². The molecular formula is C7H8N2O2. The molecule has 0 aromatic heterocycles. The number of nitrogens with one attached hydrogen (secondary N) is 1. The van der Waals surface area contributed by atoms with E-state index in [0.29, 0.717) is 0 Å². The monoisotopic (exact) mass is 151 g/mol. The number of nitrogens with zero attached hydrogens (tertiary/aromatic N) is 1. The summed E-state index contributed by atoms with van der Waals surface area (Å²) in [6.45, 7) is 0. The maximum Gasteiger partial charge on any atom is 0.271 e. The van der Waals surface area contributed by atoms with Gasteiger partial charge in [-0.3, -0.25) is 10.1 Å². The van der Waals surface area contributed by atoms with E-state index in [1.54, 1.807) is 19.2 Å². The van der Waals surface area contributed by atoms with Crippen LogP contribution >= 0.6 is 0 Å². The minimum Gasteiger partial charge on any atom is -0.388 e. The molecule has 11 heavy (non-hydrogen) atoms. The number of hydrogen-bond acceptors (Lipinski definition) is 3. The molecule has 0 aliphatic carbocycles. The summed E-state index contributed by atoms with van der Waals surface area (Å²) in [5.74, 6) is 0. The van der Waals surface area contributed by atoms with Gasteiger partial charge in [-0.15, -0.1) is 0 Å². The zero-order valence-corrected chi connectivity index (χ0v) is 6.07. The van der Waals surface area contributed by atoms with Crippen LogP contribution in [0.4, 0.5) is 11.4 Å². The summed E-state index contributed by atoms with van der Waals surface area (Å²) >= 11 is 0. The lowest BCUT2D eigenvalue weighted by Crippen LogP contribution is -1.91. The maximum atomic E-state index is 10.2. The van der Waals surface area contributed by atoms with Crippen molar-refractivity contribution in [2.24, 2.45) is 0 Å². The zero-order valence-electron chi connectivity index (χ0n) is 6.07. The van der Waals surface area contributed by atoms with Gasteiger partial charge in [-0.2, -0.15) is 0 Å². The maximum absolute atomic E-state index is 10.2. The Morgan fingerprint density at radius 1 is 1.55 bits per heavy atom. The first kappa shape index (κ1) is 7.53. The van der Waals surface area contributed by atoms with E-state index in [-0.39, 0.29) is 5.69 Å². The Morgan fingerprint density at radius 3 is 2.82 bits per heavy atom. The van der Waals surface area contributed by atoms with Crippen molar-refractivity contribution in [2.75, 3.05) is 12.4 Å². The number of nitro benzene ring substituents is 1. The molecule has 0 aliphatic heterocycles. The molecule has 0 saturated heterocycles. The van der Waals surface area contributed by atoms with Gasteiger partial charge in [-0.05, 0) is 6.07 Å². The molecule has 58 valence electrons. The van der Waals surface area contributed by atoms with E-state index in [1.165, 1.54) is 12.1 Å². The lowest BCUT2D eigenvalue weighted by atomic mass is 10.2. The average molecular weight is 151 g/mol. The standard InChI is InChI=1S/C7H8N2O2/c1-8-6-3-2-4-7(5-6)9(10)11/h2-5,8H,1H3/i1-1. The molecular weight excluding hydrogens is 143 g/mol. The third-order valence-electron chi connectivity index (χ3n) is 1.35. The molecule has 0 bridgehead atoms. The zero-order chi connectivity index (χ0) is 8.27. The molecule has 0 atom stereocenters. The second-order valence-electron chi connectivity index (χ2n) is 2.06. The molecule has 0 radical (unpaired) electrons. The summed E-state index contributed by atoms with van der Waals surface area (Å²) in [4.78, 5) is 9.83. The van der Waals surface area contributed by atoms with Gasteiger partial charge in [0.15, 0.2) is 0 Å². The molecule has 0 saturated carbocycles. The van der Waals surface area contributed by atoms with Crippen LogP contribution in [0.5, 0.6) is 0 Å². The fourth-order valence-electron chi connectivity index (χ4n) is 0.775. The average Bonchev–Trinajstić information content (AvgIpc) is 2.05. The molecule has 1 aromatic carbocycles. The fraction of sp³-hybridized carbons (Fsp3) is 0.143.